The molecule has 2 heterocycles. The lowest BCUT2D eigenvalue weighted by atomic mass is 9.96. The average Bonchev–Trinajstić information content (AvgIpc) is 3.23. The maximum atomic E-state index is 12.6. The first-order chi connectivity index (χ1) is 13.4. The summed E-state index contributed by atoms with van der Waals surface area (Å²) in [6.07, 6.45) is 4.28. The van der Waals surface area contributed by atoms with Crippen molar-refractivity contribution in [2.24, 2.45) is 0 Å². The van der Waals surface area contributed by atoms with Gasteiger partial charge in [0.15, 0.2) is 0 Å². The topological polar surface area (TPSA) is 85.0 Å². The Morgan fingerprint density at radius 2 is 2.04 bits per heavy atom. The summed E-state index contributed by atoms with van der Waals surface area (Å²) in [4.78, 5) is 12.6. The second-order valence-electron chi connectivity index (χ2n) is 7.20. The molecule has 3 rings (SSSR count). The van der Waals surface area contributed by atoms with Crippen LogP contribution in [0.25, 0.3) is 0 Å². The van der Waals surface area contributed by atoms with Crippen LogP contribution in [0.2, 0.25) is 0 Å². The zero-order valence-corrected chi connectivity index (χ0v) is 17.0. The number of aromatic nitrogens is 3. The van der Waals surface area contributed by atoms with Crippen molar-refractivity contribution in [1.82, 2.24) is 14.9 Å². The number of benzene rings is 1. The van der Waals surface area contributed by atoms with E-state index >= 15 is 0 Å². The van der Waals surface area contributed by atoms with E-state index in [9.17, 15) is 4.79 Å². The number of hydrogen-bond donors (Lipinski definition) is 2. The number of nitrogens with one attached hydrogen (secondary N) is 2. The summed E-state index contributed by atoms with van der Waals surface area (Å²) in [6.45, 7) is 10.7. The van der Waals surface area contributed by atoms with E-state index in [0.717, 1.165) is 40.3 Å². The molecule has 148 valence electrons. The van der Waals surface area contributed by atoms with Crippen molar-refractivity contribution in [3.05, 3.63) is 58.7 Å². The second kappa shape index (κ2) is 8.29. The fraction of sp³-hybridized carbons (Fsp3) is 0.381. The monoisotopic (exact) mass is 381 g/mol. The lowest BCUT2D eigenvalue weighted by Gasteiger charge is -2.17. The number of urea groups is 1. The predicted molar refractivity (Wildman–Crippen MR) is 110 cm³/mol. The number of hydrogen-bond acceptors (Lipinski definition) is 4. The molecule has 0 bridgehead atoms. The first-order valence-electron chi connectivity index (χ1n) is 9.53. The standard InChI is InChI=1S/C21H27N5O2/c1-6-16-8-7-9-18(13(2)3)20(16)24-21(27)23-17-10-22-26(11-17)12-19-14(4)25-28-15(19)5/h7-11,13H,6,12H2,1-5H3,(H2,23,24,27). The van der Waals surface area contributed by atoms with Gasteiger partial charge in [0.1, 0.15) is 5.76 Å². The minimum absolute atomic E-state index is 0.278. The number of carbonyl (C=O) groups is 1. The van der Waals surface area contributed by atoms with Gasteiger partial charge in [-0.1, -0.05) is 44.1 Å². The molecule has 0 unspecified atom stereocenters. The Labute approximate surface area is 165 Å². The van der Waals surface area contributed by atoms with Crippen LogP contribution in [0, 0.1) is 13.8 Å². The highest BCUT2D eigenvalue weighted by molar-refractivity contribution is 6.00. The number of anilines is 2. The largest absolute Gasteiger partial charge is 0.361 e. The molecule has 2 aromatic heterocycles. The van der Waals surface area contributed by atoms with E-state index in [-0.39, 0.29) is 6.03 Å². The van der Waals surface area contributed by atoms with Crippen LogP contribution >= 0.6 is 0 Å². The molecule has 0 aliphatic carbocycles. The molecule has 0 radical (unpaired) electrons. The summed E-state index contributed by atoms with van der Waals surface area (Å²) in [7, 11) is 0. The molecule has 0 atom stereocenters. The van der Waals surface area contributed by atoms with E-state index in [1.807, 2.05) is 26.0 Å². The highest BCUT2D eigenvalue weighted by Crippen LogP contribution is 2.28. The normalized spacial score (nSPS) is 11.1. The van der Waals surface area contributed by atoms with Gasteiger partial charge in [-0.2, -0.15) is 5.10 Å². The van der Waals surface area contributed by atoms with Gasteiger partial charge < -0.3 is 15.2 Å². The van der Waals surface area contributed by atoms with Crippen LogP contribution in [-0.4, -0.2) is 21.0 Å². The summed E-state index contributed by atoms with van der Waals surface area (Å²) < 4.78 is 6.94. The average molecular weight is 381 g/mol. The van der Waals surface area contributed by atoms with Gasteiger partial charge >= 0.3 is 6.03 Å². The smallest absolute Gasteiger partial charge is 0.323 e. The molecule has 0 saturated heterocycles. The minimum atomic E-state index is -0.278. The fourth-order valence-corrected chi connectivity index (χ4v) is 3.23. The summed E-state index contributed by atoms with van der Waals surface area (Å²) in [5.74, 6) is 1.09. The Morgan fingerprint density at radius 1 is 1.25 bits per heavy atom. The Balaban J connectivity index is 1.71. The van der Waals surface area contributed by atoms with Gasteiger partial charge in [-0.3, -0.25) is 4.68 Å². The molecule has 2 N–H and O–H groups in total. The number of aryl methyl sites for hydroxylation is 3. The van der Waals surface area contributed by atoms with Crippen LogP contribution in [0.5, 0.6) is 0 Å². The van der Waals surface area contributed by atoms with E-state index in [0.29, 0.717) is 18.2 Å². The van der Waals surface area contributed by atoms with Gasteiger partial charge in [0.2, 0.25) is 0 Å². The molecule has 0 aliphatic rings. The lowest BCUT2D eigenvalue weighted by Crippen LogP contribution is -2.21. The number of para-hydroxylation sites is 1. The van der Waals surface area contributed by atoms with Crippen LogP contribution < -0.4 is 10.6 Å². The van der Waals surface area contributed by atoms with E-state index in [1.165, 1.54) is 0 Å². The molecule has 3 aromatic rings. The van der Waals surface area contributed by atoms with E-state index in [2.05, 4.69) is 47.7 Å². The zero-order chi connectivity index (χ0) is 20.3. The van der Waals surface area contributed by atoms with Crippen LogP contribution in [0.1, 0.15) is 54.8 Å². The SMILES string of the molecule is CCc1cccc(C(C)C)c1NC(=O)Nc1cnn(Cc2c(C)noc2C)c1. The molecule has 0 fully saturated rings. The van der Waals surface area contributed by atoms with Crippen molar-refractivity contribution in [3.8, 4) is 0 Å². The van der Waals surface area contributed by atoms with Crippen molar-refractivity contribution in [2.45, 2.75) is 53.5 Å². The Kier molecular flexibility index (Phi) is 5.82. The third-order valence-electron chi connectivity index (χ3n) is 4.82. The molecule has 7 heteroatoms. The molecular formula is C21H27N5O2. The number of carbonyl (C=O) groups excluding carboxylic acids is 1. The van der Waals surface area contributed by atoms with Crippen molar-refractivity contribution in [2.75, 3.05) is 10.6 Å². The van der Waals surface area contributed by atoms with Crippen LogP contribution in [0.3, 0.4) is 0 Å². The highest BCUT2D eigenvalue weighted by atomic mass is 16.5. The van der Waals surface area contributed by atoms with E-state index in [1.54, 1.807) is 17.1 Å². The summed E-state index contributed by atoms with van der Waals surface area (Å²) in [6, 6.07) is 5.86. The lowest BCUT2D eigenvalue weighted by molar-refractivity contribution is 0.262. The number of amides is 2. The van der Waals surface area contributed by atoms with E-state index in [4.69, 9.17) is 4.52 Å². The zero-order valence-electron chi connectivity index (χ0n) is 17.0. The van der Waals surface area contributed by atoms with Gasteiger partial charge in [-0.25, -0.2) is 4.79 Å². The summed E-state index contributed by atoms with van der Waals surface area (Å²) in [5.41, 5.74) is 5.61. The predicted octanol–water partition coefficient (Wildman–Crippen LogP) is 4.87. The maximum absolute atomic E-state index is 12.6. The third kappa shape index (κ3) is 4.24. The van der Waals surface area contributed by atoms with E-state index < -0.39 is 0 Å². The Hall–Kier alpha value is -3.09. The van der Waals surface area contributed by atoms with Crippen LogP contribution in [0.15, 0.2) is 35.1 Å². The molecule has 1 aromatic carbocycles. The molecule has 28 heavy (non-hydrogen) atoms. The molecule has 0 saturated carbocycles. The summed E-state index contributed by atoms with van der Waals surface area (Å²) in [5, 5.41) is 14.2. The number of nitrogens with zero attached hydrogens (tertiary/aromatic N) is 3. The van der Waals surface area contributed by atoms with Gasteiger partial charge in [-0.05, 0) is 37.3 Å². The first kappa shape index (κ1) is 19.7. The molecular weight excluding hydrogens is 354 g/mol. The first-order valence-corrected chi connectivity index (χ1v) is 9.53. The van der Waals surface area contributed by atoms with Gasteiger partial charge in [0.05, 0.1) is 24.1 Å². The molecule has 7 nitrogen and oxygen atoms in total. The maximum Gasteiger partial charge on any atom is 0.323 e. The highest BCUT2D eigenvalue weighted by Gasteiger charge is 2.14. The van der Waals surface area contributed by atoms with Gasteiger partial charge in [0, 0.05) is 17.4 Å². The second-order valence-corrected chi connectivity index (χ2v) is 7.20. The van der Waals surface area contributed by atoms with Crippen molar-refractivity contribution >= 4 is 17.4 Å². The molecule has 2 amide bonds. The Morgan fingerprint density at radius 3 is 2.68 bits per heavy atom. The summed E-state index contributed by atoms with van der Waals surface area (Å²) >= 11 is 0. The van der Waals surface area contributed by atoms with Crippen molar-refractivity contribution in [3.63, 3.8) is 0 Å². The fourth-order valence-electron chi connectivity index (χ4n) is 3.23. The molecule has 0 aliphatic heterocycles. The van der Waals surface area contributed by atoms with Crippen molar-refractivity contribution in [1.29, 1.82) is 0 Å². The van der Waals surface area contributed by atoms with Gasteiger partial charge in [0.25, 0.3) is 0 Å². The third-order valence-corrected chi connectivity index (χ3v) is 4.82. The minimum Gasteiger partial charge on any atom is -0.361 e. The Bertz CT molecular complexity index is 952. The molecule has 0 spiro atoms. The number of rotatable bonds is 6. The quantitative estimate of drug-likeness (QED) is 0.638. The van der Waals surface area contributed by atoms with Crippen molar-refractivity contribution < 1.29 is 9.32 Å². The van der Waals surface area contributed by atoms with Crippen LogP contribution in [-0.2, 0) is 13.0 Å². The van der Waals surface area contributed by atoms with Gasteiger partial charge in [-0.15, -0.1) is 0 Å². The van der Waals surface area contributed by atoms with Crippen LogP contribution in [0.4, 0.5) is 16.2 Å².